The second kappa shape index (κ2) is 12.4. The summed E-state index contributed by atoms with van der Waals surface area (Å²) in [6.07, 6.45) is 0. The van der Waals surface area contributed by atoms with Gasteiger partial charge in [0.25, 0.3) is 0 Å². The Balaban J connectivity index is 1.04. The smallest absolute Gasteiger partial charge is 0.183 e. The summed E-state index contributed by atoms with van der Waals surface area (Å²) < 4.78 is 12.4. The van der Waals surface area contributed by atoms with Gasteiger partial charge in [-0.05, 0) is 94.3 Å². The molecule has 10 aromatic rings. The molecule has 11 rings (SSSR count). The van der Waals surface area contributed by atoms with Crippen molar-refractivity contribution in [3.63, 3.8) is 0 Å². The molecule has 0 unspecified atom stereocenters. The third-order valence-corrected chi connectivity index (χ3v) is 13.9. The Kier molecular flexibility index (Phi) is 7.28. The van der Waals surface area contributed by atoms with Crippen molar-refractivity contribution >= 4 is 80.1 Å². The number of ether oxygens (including phenoxy) is 1. The summed E-state index contributed by atoms with van der Waals surface area (Å²) in [4.78, 5) is 2.36. The molecule has 1 aliphatic heterocycles. The molecule has 0 radical (unpaired) electrons. The Morgan fingerprint density at radius 2 is 1.15 bits per heavy atom. The van der Waals surface area contributed by atoms with Crippen LogP contribution in [0, 0.1) is 0 Å². The lowest BCUT2D eigenvalue weighted by molar-refractivity contribution is 0.423. The standard InChI is InChI=1S/C51H35NOS2/c1-51(2)42-28-27-37(31-44(42)53-49-43(51)29-30-47-48(49)41-14-7-9-18-46(41)54-47)52(35-23-19-33(20-24-35)32-11-4-3-5-12-32)36-25-21-34(22-26-36)38-15-10-16-40-39-13-6-8-17-45(39)55-50(38)40/h3-31H,1-2H3/p+1. The Labute approximate surface area is 328 Å². The fourth-order valence-corrected chi connectivity index (χ4v) is 11.0. The van der Waals surface area contributed by atoms with Crippen LogP contribution in [0.4, 0.5) is 17.1 Å². The van der Waals surface area contributed by atoms with Crippen molar-refractivity contribution in [2.45, 2.75) is 19.3 Å². The third-order valence-electron chi connectivity index (χ3n) is 11.4. The fourth-order valence-electron chi connectivity index (χ4n) is 8.59. The van der Waals surface area contributed by atoms with Gasteiger partial charge in [0.15, 0.2) is 9.40 Å². The molecule has 0 spiro atoms. The van der Waals surface area contributed by atoms with E-state index in [4.69, 9.17) is 4.74 Å². The number of benzene rings is 8. The van der Waals surface area contributed by atoms with E-state index in [9.17, 15) is 0 Å². The molecule has 0 saturated heterocycles. The molecule has 8 aromatic carbocycles. The average molecular weight is 743 g/mol. The second-order valence-electron chi connectivity index (χ2n) is 14.9. The van der Waals surface area contributed by atoms with E-state index >= 15 is 0 Å². The van der Waals surface area contributed by atoms with Crippen LogP contribution >= 0.6 is 22.7 Å². The van der Waals surface area contributed by atoms with Crippen molar-refractivity contribution in [1.82, 2.24) is 0 Å². The molecule has 0 aliphatic carbocycles. The normalized spacial score (nSPS) is 13.2. The van der Waals surface area contributed by atoms with Gasteiger partial charge >= 0.3 is 0 Å². The van der Waals surface area contributed by atoms with Crippen molar-refractivity contribution < 1.29 is 4.74 Å². The maximum atomic E-state index is 7.07. The van der Waals surface area contributed by atoms with Gasteiger partial charge in [-0.15, -0.1) is 11.3 Å². The highest BCUT2D eigenvalue weighted by molar-refractivity contribution is 7.26. The van der Waals surface area contributed by atoms with Gasteiger partial charge in [0, 0.05) is 59.8 Å². The molecule has 0 fully saturated rings. The molecule has 1 aliphatic rings. The van der Waals surface area contributed by atoms with E-state index in [2.05, 4.69) is 195 Å². The SMILES string of the molecule is CC1(C)c2ccc(N(c3ccc(-c4ccccc4)cc3)c3ccc(-c4cccc5c4sc4ccccc45)cc3)cc2Oc2c1ccc1[sH+]c3ccccc3c21. The van der Waals surface area contributed by atoms with Gasteiger partial charge in [0.05, 0.1) is 10.8 Å². The van der Waals surface area contributed by atoms with Crippen LogP contribution in [-0.4, -0.2) is 0 Å². The Morgan fingerprint density at radius 1 is 0.509 bits per heavy atom. The first-order chi connectivity index (χ1) is 27.0. The third kappa shape index (κ3) is 5.13. The Bertz CT molecular complexity index is 3080. The summed E-state index contributed by atoms with van der Waals surface area (Å²) in [5, 5.41) is 5.14. The monoisotopic (exact) mass is 742 g/mol. The molecule has 55 heavy (non-hydrogen) atoms. The Hall–Kier alpha value is -6.20. The van der Waals surface area contributed by atoms with Gasteiger partial charge in [0.2, 0.25) is 0 Å². The predicted octanol–water partition coefficient (Wildman–Crippen LogP) is 15.4. The fraction of sp³-hybridized carbons (Fsp3) is 0.0588. The van der Waals surface area contributed by atoms with Crippen LogP contribution in [-0.2, 0) is 5.41 Å². The zero-order valence-corrected chi connectivity index (χ0v) is 32.2. The maximum absolute atomic E-state index is 7.07. The molecular weight excluding hydrogens is 707 g/mol. The van der Waals surface area contributed by atoms with Crippen LogP contribution < -0.4 is 9.64 Å². The lowest BCUT2D eigenvalue weighted by Crippen LogP contribution is -2.24. The number of hydrogen-bond acceptors (Lipinski definition) is 3. The highest BCUT2D eigenvalue weighted by Crippen LogP contribution is 2.54. The van der Waals surface area contributed by atoms with Crippen LogP contribution in [0.15, 0.2) is 176 Å². The number of fused-ring (bicyclic) bond motifs is 9. The van der Waals surface area contributed by atoms with Gasteiger partial charge in [0.1, 0.15) is 11.5 Å². The van der Waals surface area contributed by atoms with E-state index in [1.807, 2.05) is 11.3 Å². The molecule has 0 saturated carbocycles. The molecule has 0 amide bonds. The van der Waals surface area contributed by atoms with E-state index in [-0.39, 0.29) is 5.41 Å². The van der Waals surface area contributed by atoms with Crippen molar-refractivity contribution in [3.05, 3.63) is 187 Å². The van der Waals surface area contributed by atoms with Crippen molar-refractivity contribution in [1.29, 1.82) is 0 Å². The molecular formula is C51H36NOS2+. The minimum Gasteiger partial charge on any atom is -0.456 e. The van der Waals surface area contributed by atoms with E-state index < -0.39 is 0 Å². The second-order valence-corrected chi connectivity index (χ2v) is 17.2. The lowest BCUT2D eigenvalue weighted by Gasteiger charge is -2.35. The predicted molar refractivity (Wildman–Crippen MR) is 238 cm³/mol. The first kappa shape index (κ1) is 32.2. The highest BCUT2D eigenvalue weighted by atomic mass is 32.1. The van der Waals surface area contributed by atoms with Crippen molar-refractivity contribution in [2.75, 3.05) is 4.90 Å². The summed E-state index contributed by atoms with van der Waals surface area (Å²) in [5.41, 5.74) is 10.3. The van der Waals surface area contributed by atoms with Crippen molar-refractivity contribution in [3.8, 4) is 33.8 Å². The van der Waals surface area contributed by atoms with Gasteiger partial charge in [-0.25, -0.2) is 0 Å². The average Bonchev–Trinajstić information content (AvgIpc) is 3.81. The number of hydrogen-bond donors (Lipinski definition) is 0. The largest absolute Gasteiger partial charge is 0.456 e. The molecule has 4 heteroatoms. The van der Waals surface area contributed by atoms with Crippen LogP contribution in [0.2, 0.25) is 0 Å². The molecule has 2 nitrogen and oxygen atoms in total. The van der Waals surface area contributed by atoms with Crippen LogP contribution in [0.25, 0.3) is 62.6 Å². The first-order valence-electron chi connectivity index (χ1n) is 18.8. The first-order valence-corrected chi connectivity index (χ1v) is 20.5. The van der Waals surface area contributed by atoms with E-state index in [0.717, 1.165) is 28.6 Å². The molecule has 3 heterocycles. The quantitative estimate of drug-likeness (QED) is 0.163. The lowest BCUT2D eigenvalue weighted by atomic mass is 9.75. The van der Waals surface area contributed by atoms with Crippen molar-refractivity contribution in [2.24, 2.45) is 0 Å². The zero-order chi connectivity index (χ0) is 36.7. The number of thiophene rings is 2. The minimum absolute atomic E-state index is 0.234. The number of rotatable bonds is 5. The van der Waals surface area contributed by atoms with E-state index in [0.29, 0.717) is 0 Å². The maximum Gasteiger partial charge on any atom is 0.183 e. The number of anilines is 3. The van der Waals surface area contributed by atoms with E-state index in [1.165, 1.54) is 85.1 Å². The summed E-state index contributed by atoms with van der Waals surface area (Å²) in [7, 11) is 0. The molecule has 0 atom stereocenters. The topological polar surface area (TPSA) is 12.5 Å². The summed E-state index contributed by atoms with van der Waals surface area (Å²) in [6.45, 7) is 4.65. The van der Waals surface area contributed by atoms with Gasteiger partial charge < -0.3 is 9.64 Å². The van der Waals surface area contributed by atoms with Crippen LogP contribution in [0.3, 0.4) is 0 Å². The highest BCUT2D eigenvalue weighted by Gasteiger charge is 2.37. The Morgan fingerprint density at radius 3 is 1.95 bits per heavy atom. The van der Waals surface area contributed by atoms with E-state index in [1.54, 1.807) is 0 Å². The molecule has 0 N–H and O–H groups in total. The number of nitrogens with zero attached hydrogens (tertiary/aromatic N) is 1. The minimum atomic E-state index is -0.234. The molecule has 0 bridgehead atoms. The van der Waals surface area contributed by atoms with Gasteiger partial charge in [-0.3, -0.25) is 0 Å². The summed E-state index contributed by atoms with van der Waals surface area (Å²) in [5.74, 6) is 1.89. The van der Waals surface area contributed by atoms with Gasteiger partial charge in [-0.2, -0.15) is 0 Å². The zero-order valence-electron chi connectivity index (χ0n) is 30.5. The summed E-state index contributed by atoms with van der Waals surface area (Å²) >= 11 is 3.11. The molecule has 2 aromatic heterocycles. The van der Waals surface area contributed by atoms with Crippen LogP contribution in [0.5, 0.6) is 11.5 Å². The summed E-state index contributed by atoms with van der Waals surface area (Å²) in [6, 6.07) is 64.1. The van der Waals surface area contributed by atoms with Gasteiger partial charge in [-0.1, -0.05) is 123 Å². The molecule has 262 valence electrons. The van der Waals surface area contributed by atoms with Crippen LogP contribution in [0.1, 0.15) is 25.0 Å².